The van der Waals surface area contributed by atoms with Crippen molar-refractivity contribution in [2.75, 3.05) is 40.3 Å². The van der Waals surface area contributed by atoms with Crippen LogP contribution in [0.2, 0.25) is 0 Å². The Labute approximate surface area is 125 Å². The molecule has 1 heterocycles. The summed E-state index contributed by atoms with van der Waals surface area (Å²) in [6, 6.07) is 5.02. The smallest absolute Gasteiger partial charge is 0.246 e. The van der Waals surface area contributed by atoms with Crippen molar-refractivity contribution in [2.24, 2.45) is 0 Å². The average molecular weight is 319 g/mol. The minimum Gasteiger partial charge on any atom is -0.495 e. The van der Waals surface area contributed by atoms with Crippen LogP contribution in [0.1, 0.15) is 5.56 Å². The summed E-state index contributed by atoms with van der Waals surface area (Å²) < 4.78 is 32.1. The molecular formula is C13H19ClN2O3S. The normalized spacial score (nSPS) is 18.1. The second-order valence-electron chi connectivity index (χ2n) is 4.83. The number of piperazine rings is 1. The van der Waals surface area contributed by atoms with E-state index in [1.54, 1.807) is 18.2 Å². The van der Waals surface area contributed by atoms with Crippen LogP contribution in [-0.2, 0) is 15.9 Å². The van der Waals surface area contributed by atoms with Gasteiger partial charge in [-0.15, -0.1) is 11.6 Å². The Kier molecular flexibility index (Phi) is 4.90. The Morgan fingerprint density at radius 3 is 2.45 bits per heavy atom. The lowest BCUT2D eigenvalue weighted by atomic mass is 10.2. The zero-order valence-electron chi connectivity index (χ0n) is 11.7. The largest absolute Gasteiger partial charge is 0.495 e. The number of hydrogen-bond donors (Lipinski definition) is 0. The molecule has 0 aliphatic carbocycles. The van der Waals surface area contributed by atoms with Crippen molar-refractivity contribution in [1.82, 2.24) is 9.21 Å². The molecule has 0 N–H and O–H groups in total. The number of ether oxygens (including phenoxy) is 1. The molecule has 0 aromatic heterocycles. The van der Waals surface area contributed by atoms with E-state index in [4.69, 9.17) is 16.3 Å². The third-order valence-electron chi connectivity index (χ3n) is 3.46. The highest BCUT2D eigenvalue weighted by atomic mass is 35.5. The quantitative estimate of drug-likeness (QED) is 0.787. The lowest BCUT2D eigenvalue weighted by Crippen LogP contribution is -2.47. The Morgan fingerprint density at radius 1 is 1.25 bits per heavy atom. The van der Waals surface area contributed by atoms with E-state index in [1.807, 2.05) is 7.05 Å². The van der Waals surface area contributed by atoms with Crippen molar-refractivity contribution in [2.45, 2.75) is 10.8 Å². The van der Waals surface area contributed by atoms with Crippen LogP contribution in [0.15, 0.2) is 23.1 Å². The van der Waals surface area contributed by atoms with Crippen molar-refractivity contribution < 1.29 is 13.2 Å². The van der Waals surface area contributed by atoms with Gasteiger partial charge in [-0.2, -0.15) is 4.31 Å². The predicted molar refractivity (Wildman–Crippen MR) is 78.8 cm³/mol. The second kappa shape index (κ2) is 6.30. The number of rotatable bonds is 4. The van der Waals surface area contributed by atoms with E-state index < -0.39 is 10.0 Å². The van der Waals surface area contributed by atoms with Crippen LogP contribution < -0.4 is 4.74 Å². The van der Waals surface area contributed by atoms with Crippen molar-refractivity contribution in [3.63, 3.8) is 0 Å². The molecule has 0 spiro atoms. The van der Waals surface area contributed by atoms with Crippen molar-refractivity contribution >= 4 is 21.6 Å². The molecule has 0 saturated carbocycles. The molecular weight excluding hydrogens is 300 g/mol. The van der Waals surface area contributed by atoms with Crippen LogP contribution in [0.3, 0.4) is 0 Å². The zero-order chi connectivity index (χ0) is 14.8. The molecule has 1 aliphatic rings. The number of sulfonamides is 1. The molecule has 1 aromatic rings. The fourth-order valence-corrected chi connectivity index (χ4v) is 3.97. The van der Waals surface area contributed by atoms with Gasteiger partial charge >= 0.3 is 0 Å². The van der Waals surface area contributed by atoms with Crippen LogP contribution >= 0.6 is 11.6 Å². The average Bonchev–Trinajstić information content (AvgIpc) is 2.47. The lowest BCUT2D eigenvalue weighted by molar-refractivity contribution is 0.222. The molecule has 1 aliphatic heterocycles. The fourth-order valence-electron chi connectivity index (χ4n) is 2.17. The minimum absolute atomic E-state index is 0.197. The number of nitrogens with zero attached hydrogens (tertiary/aromatic N) is 2. The molecule has 20 heavy (non-hydrogen) atoms. The van der Waals surface area contributed by atoms with Gasteiger partial charge in [-0.05, 0) is 24.7 Å². The maximum absolute atomic E-state index is 12.7. The molecule has 0 amide bonds. The van der Waals surface area contributed by atoms with E-state index in [0.717, 1.165) is 18.7 Å². The molecule has 1 saturated heterocycles. The Morgan fingerprint density at radius 2 is 1.90 bits per heavy atom. The molecule has 0 bridgehead atoms. The number of hydrogen-bond acceptors (Lipinski definition) is 4. The first-order valence-electron chi connectivity index (χ1n) is 6.40. The van der Waals surface area contributed by atoms with Gasteiger partial charge in [0.2, 0.25) is 10.0 Å². The zero-order valence-corrected chi connectivity index (χ0v) is 13.2. The number of likely N-dealkylation sites (N-methyl/N-ethyl adjacent to an activating group) is 1. The SMILES string of the molecule is COc1ccc(CCl)cc1S(=O)(=O)N1CCN(C)CC1. The van der Waals surface area contributed by atoms with Gasteiger partial charge in [0.15, 0.2) is 0 Å². The maximum atomic E-state index is 12.7. The highest BCUT2D eigenvalue weighted by molar-refractivity contribution is 7.89. The fraction of sp³-hybridized carbons (Fsp3) is 0.538. The molecule has 0 atom stereocenters. The van der Waals surface area contributed by atoms with Crippen LogP contribution in [-0.4, -0.2) is 58.0 Å². The van der Waals surface area contributed by atoms with E-state index in [9.17, 15) is 8.42 Å². The van der Waals surface area contributed by atoms with Crippen LogP contribution in [0.4, 0.5) is 0 Å². The third kappa shape index (κ3) is 3.09. The van der Waals surface area contributed by atoms with Gasteiger partial charge < -0.3 is 9.64 Å². The first kappa shape index (κ1) is 15.6. The van der Waals surface area contributed by atoms with Gasteiger partial charge in [0, 0.05) is 32.1 Å². The topological polar surface area (TPSA) is 49.9 Å². The summed E-state index contributed by atoms with van der Waals surface area (Å²) in [6.45, 7) is 2.45. The van der Waals surface area contributed by atoms with Gasteiger partial charge in [0.25, 0.3) is 0 Å². The molecule has 0 radical (unpaired) electrons. The lowest BCUT2D eigenvalue weighted by Gasteiger charge is -2.31. The summed E-state index contributed by atoms with van der Waals surface area (Å²) >= 11 is 5.79. The van der Waals surface area contributed by atoms with Gasteiger partial charge in [0.1, 0.15) is 10.6 Å². The highest BCUT2D eigenvalue weighted by Crippen LogP contribution is 2.28. The van der Waals surface area contributed by atoms with E-state index in [0.29, 0.717) is 18.8 Å². The minimum atomic E-state index is -3.54. The third-order valence-corrected chi connectivity index (χ3v) is 5.69. The summed E-state index contributed by atoms with van der Waals surface area (Å²) in [7, 11) is -0.0821. The Balaban J connectivity index is 2.37. The van der Waals surface area contributed by atoms with E-state index in [1.165, 1.54) is 11.4 Å². The van der Waals surface area contributed by atoms with Crippen molar-refractivity contribution in [3.05, 3.63) is 23.8 Å². The number of methoxy groups -OCH3 is 1. The summed E-state index contributed by atoms with van der Waals surface area (Å²) in [5.74, 6) is 0.632. The van der Waals surface area contributed by atoms with E-state index in [2.05, 4.69) is 4.90 Å². The number of benzene rings is 1. The molecule has 112 valence electrons. The van der Waals surface area contributed by atoms with E-state index in [-0.39, 0.29) is 10.8 Å². The first-order valence-corrected chi connectivity index (χ1v) is 8.38. The maximum Gasteiger partial charge on any atom is 0.246 e. The van der Waals surface area contributed by atoms with Gasteiger partial charge in [0.05, 0.1) is 7.11 Å². The molecule has 7 heteroatoms. The monoisotopic (exact) mass is 318 g/mol. The standard InChI is InChI=1S/C13H19ClN2O3S/c1-15-5-7-16(8-6-15)20(17,18)13-9-11(10-14)3-4-12(13)19-2/h3-4,9H,5-8,10H2,1-2H3. The van der Waals surface area contributed by atoms with Crippen LogP contribution in [0.5, 0.6) is 5.75 Å². The predicted octanol–water partition coefficient (Wildman–Crippen LogP) is 1.37. The van der Waals surface area contributed by atoms with Gasteiger partial charge in [-0.3, -0.25) is 0 Å². The molecule has 2 rings (SSSR count). The van der Waals surface area contributed by atoms with Crippen molar-refractivity contribution in [1.29, 1.82) is 0 Å². The van der Waals surface area contributed by atoms with Crippen molar-refractivity contribution in [3.8, 4) is 5.75 Å². The molecule has 5 nitrogen and oxygen atoms in total. The molecule has 0 unspecified atom stereocenters. The second-order valence-corrected chi connectivity index (χ2v) is 7.00. The summed E-state index contributed by atoms with van der Waals surface area (Å²) in [5.41, 5.74) is 0.764. The molecule has 1 fully saturated rings. The first-order chi connectivity index (χ1) is 9.48. The summed E-state index contributed by atoms with van der Waals surface area (Å²) in [6.07, 6.45) is 0. The van der Waals surface area contributed by atoms with Gasteiger partial charge in [-0.25, -0.2) is 8.42 Å². The highest BCUT2D eigenvalue weighted by Gasteiger charge is 2.30. The Hall–Kier alpha value is -0.820. The summed E-state index contributed by atoms with van der Waals surface area (Å²) in [4.78, 5) is 2.31. The Bertz CT molecular complexity index is 569. The molecule has 1 aromatic carbocycles. The van der Waals surface area contributed by atoms with E-state index >= 15 is 0 Å². The summed E-state index contributed by atoms with van der Waals surface area (Å²) in [5, 5.41) is 0. The number of alkyl halides is 1. The van der Waals surface area contributed by atoms with Crippen LogP contribution in [0.25, 0.3) is 0 Å². The van der Waals surface area contributed by atoms with Crippen LogP contribution in [0, 0.1) is 0 Å². The van der Waals surface area contributed by atoms with Gasteiger partial charge in [-0.1, -0.05) is 6.07 Å². The number of halogens is 1.